The zero-order valence-corrected chi connectivity index (χ0v) is 15.8. The van der Waals surface area contributed by atoms with E-state index in [1.54, 1.807) is 7.11 Å². The van der Waals surface area contributed by atoms with Gasteiger partial charge in [-0.1, -0.05) is 0 Å². The van der Waals surface area contributed by atoms with Gasteiger partial charge in [0.2, 0.25) is 0 Å². The van der Waals surface area contributed by atoms with E-state index in [4.69, 9.17) is 4.74 Å². The van der Waals surface area contributed by atoms with Gasteiger partial charge >= 0.3 is 23.3 Å². The van der Waals surface area contributed by atoms with Gasteiger partial charge in [0.05, 0.1) is 7.11 Å². The van der Waals surface area contributed by atoms with E-state index in [0.717, 1.165) is 5.75 Å². The lowest BCUT2D eigenvalue weighted by atomic mass is 10.1. The summed E-state index contributed by atoms with van der Waals surface area (Å²) in [5.74, 6) is -13.9. The molecule has 0 saturated heterocycles. The van der Waals surface area contributed by atoms with E-state index < -0.39 is 33.4 Å². The molecule has 0 N–H and O–H groups in total. The van der Waals surface area contributed by atoms with Crippen molar-refractivity contribution in [2.45, 2.75) is 28.2 Å². The second-order valence-corrected chi connectivity index (χ2v) is 8.63. The molecule has 1 aromatic carbocycles. The maximum absolute atomic E-state index is 12.2. The fraction of sp³-hybridized carbons (Fsp3) is 0.538. The fourth-order valence-electron chi connectivity index (χ4n) is 1.37. The Kier molecular flexibility index (Phi) is 8.15. The second kappa shape index (κ2) is 8.57. The van der Waals surface area contributed by atoms with Crippen LogP contribution in [0.4, 0.5) is 39.5 Å². The molecule has 0 unspecified atom stereocenters. The third-order valence-electron chi connectivity index (χ3n) is 2.96. The number of halogens is 9. The van der Waals surface area contributed by atoms with Gasteiger partial charge < -0.3 is 9.29 Å². The Morgan fingerprint density at radius 3 is 1.50 bits per heavy atom. The van der Waals surface area contributed by atoms with Gasteiger partial charge in [0.1, 0.15) is 18.3 Å². The molecule has 0 aliphatic rings. The van der Waals surface area contributed by atoms with Gasteiger partial charge in [-0.3, -0.25) is 0 Å². The molecule has 0 spiro atoms. The number of alkyl halides is 9. The molecule has 0 amide bonds. The third-order valence-corrected chi connectivity index (χ3v) is 5.06. The minimum Gasteiger partial charge on any atom is -0.743 e. The molecule has 164 valence electrons. The van der Waals surface area contributed by atoms with Crippen LogP contribution in [0.2, 0.25) is 0 Å². The van der Waals surface area contributed by atoms with Crippen molar-refractivity contribution < 1.29 is 57.2 Å². The Bertz CT molecular complexity index is 744. The molecule has 4 nitrogen and oxygen atoms in total. The second-order valence-electron chi connectivity index (χ2n) is 5.11. The zero-order valence-electron chi connectivity index (χ0n) is 14.2. The predicted molar refractivity (Wildman–Crippen MR) is 81.1 cm³/mol. The standard InChI is InChI=1S/C9H13OS.C4HF9O3S/c1-10-8-4-6-9(7-5-8)11(2)3;5-1(6,3(9,10)11)2(7,8)4(12,13)17(14,15)16/h4-7H,1-3H3;(H,14,15,16)/q+1;/p-1. The first kappa shape index (κ1) is 26.6. The molecular weight excluding hydrogens is 455 g/mol. The summed E-state index contributed by atoms with van der Waals surface area (Å²) in [5.41, 5.74) is 0. The SMILES string of the molecule is COc1ccc([S+](C)C)cc1.O=S(=O)([O-])C(F)(F)C(F)(F)C(F)(F)C(F)(F)F. The van der Waals surface area contributed by atoms with Crippen LogP contribution in [0.15, 0.2) is 29.2 Å². The largest absolute Gasteiger partial charge is 0.743 e. The Morgan fingerprint density at radius 2 is 1.25 bits per heavy atom. The van der Waals surface area contributed by atoms with Gasteiger partial charge in [0.25, 0.3) is 0 Å². The minimum absolute atomic E-state index is 0.355. The smallest absolute Gasteiger partial charge is 0.460 e. The van der Waals surface area contributed by atoms with E-state index >= 15 is 0 Å². The topological polar surface area (TPSA) is 66.4 Å². The monoisotopic (exact) mass is 468 g/mol. The maximum atomic E-state index is 12.2. The molecule has 0 heterocycles. The van der Waals surface area contributed by atoms with Crippen LogP contribution in [-0.4, -0.2) is 55.9 Å². The van der Waals surface area contributed by atoms with Crippen LogP contribution in [0.3, 0.4) is 0 Å². The molecule has 0 radical (unpaired) electrons. The van der Waals surface area contributed by atoms with Crippen LogP contribution in [-0.2, 0) is 21.0 Å². The normalized spacial score (nSPS) is 13.8. The van der Waals surface area contributed by atoms with E-state index in [0.29, 0.717) is 10.9 Å². The van der Waals surface area contributed by atoms with Crippen molar-refractivity contribution in [2.75, 3.05) is 19.6 Å². The molecule has 0 saturated carbocycles. The zero-order chi connectivity index (χ0) is 22.8. The van der Waals surface area contributed by atoms with Gasteiger partial charge in [-0.2, -0.15) is 39.5 Å². The summed E-state index contributed by atoms with van der Waals surface area (Å²) in [5, 5.41) is -7.11. The highest BCUT2D eigenvalue weighted by Crippen LogP contribution is 2.54. The number of benzene rings is 1. The molecular formula is C13H13F9O4S2. The lowest BCUT2D eigenvalue weighted by molar-refractivity contribution is -0.382. The molecule has 0 aliphatic heterocycles. The summed E-state index contributed by atoms with van der Waals surface area (Å²) in [6.45, 7) is 0. The summed E-state index contributed by atoms with van der Waals surface area (Å²) in [6.07, 6.45) is -2.74. The van der Waals surface area contributed by atoms with Gasteiger partial charge in [-0.05, 0) is 24.3 Å². The lowest BCUT2D eigenvalue weighted by Gasteiger charge is -2.34. The average Bonchev–Trinajstić information content (AvgIpc) is 2.53. The van der Waals surface area contributed by atoms with Crippen molar-refractivity contribution in [3.63, 3.8) is 0 Å². The Balaban J connectivity index is 0.000000567. The van der Waals surface area contributed by atoms with E-state index in [2.05, 4.69) is 24.6 Å². The number of rotatable bonds is 5. The molecule has 28 heavy (non-hydrogen) atoms. The molecule has 0 atom stereocenters. The summed E-state index contributed by atoms with van der Waals surface area (Å²) in [6, 6.07) is 8.23. The van der Waals surface area contributed by atoms with E-state index in [-0.39, 0.29) is 0 Å². The van der Waals surface area contributed by atoms with Crippen molar-refractivity contribution in [3.05, 3.63) is 24.3 Å². The Morgan fingerprint density at radius 1 is 0.857 bits per heavy atom. The first-order valence-electron chi connectivity index (χ1n) is 6.61. The van der Waals surface area contributed by atoms with Crippen molar-refractivity contribution in [2.24, 2.45) is 0 Å². The van der Waals surface area contributed by atoms with Crippen LogP contribution in [0, 0.1) is 0 Å². The van der Waals surface area contributed by atoms with Crippen LogP contribution < -0.4 is 4.74 Å². The van der Waals surface area contributed by atoms with Gasteiger partial charge in [-0.25, -0.2) is 8.42 Å². The van der Waals surface area contributed by atoms with E-state index in [1.807, 2.05) is 12.1 Å². The van der Waals surface area contributed by atoms with Crippen LogP contribution in [0.1, 0.15) is 0 Å². The van der Waals surface area contributed by atoms with Crippen molar-refractivity contribution in [3.8, 4) is 5.75 Å². The van der Waals surface area contributed by atoms with Gasteiger partial charge in [-0.15, -0.1) is 0 Å². The van der Waals surface area contributed by atoms with E-state index in [9.17, 15) is 52.5 Å². The molecule has 1 aromatic rings. The molecule has 0 fully saturated rings. The van der Waals surface area contributed by atoms with Gasteiger partial charge in [0, 0.05) is 10.9 Å². The fourth-order valence-corrected chi connectivity index (χ4v) is 2.49. The van der Waals surface area contributed by atoms with Crippen molar-refractivity contribution in [1.29, 1.82) is 0 Å². The van der Waals surface area contributed by atoms with Gasteiger partial charge in [0.15, 0.2) is 15.0 Å². The first-order chi connectivity index (χ1) is 12.2. The molecule has 0 aromatic heterocycles. The molecule has 15 heteroatoms. The summed E-state index contributed by atoms with van der Waals surface area (Å²) in [7, 11) is -5.37. The third kappa shape index (κ3) is 5.37. The van der Waals surface area contributed by atoms with E-state index in [1.165, 1.54) is 4.90 Å². The van der Waals surface area contributed by atoms with Crippen molar-refractivity contribution >= 4 is 21.0 Å². The highest BCUT2D eigenvalue weighted by Gasteiger charge is 2.83. The molecule has 0 aliphatic carbocycles. The number of hydrogen-bond acceptors (Lipinski definition) is 4. The summed E-state index contributed by atoms with van der Waals surface area (Å²) < 4.78 is 140. The highest BCUT2D eigenvalue weighted by molar-refractivity contribution is 7.95. The van der Waals surface area contributed by atoms with Crippen molar-refractivity contribution in [1.82, 2.24) is 0 Å². The number of methoxy groups -OCH3 is 1. The van der Waals surface area contributed by atoms with Crippen LogP contribution in [0.5, 0.6) is 5.75 Å². The summed E-state index contributed by atoms with van der Waals surface area (Å²) in [4.78, 5) is 1.38. The maximum Gasteiger partial charge on any atom is 0.460 e. The lowest BCUT2D eigenvalue weighted by Crippen LogP contribution is -2.63. The molecule has 0 bridgehead atoms. The first-order valence-corrected chi connectivity index (χ1v) is 10.1. The predicted octanol–water partition coefficient (Wildman–Crippen LogP) is 3.89. The number of hydrogen-bond donors (Lipinski definition) is 0. The Hall–Kier alpha value is -1.35. The van der Waals surface area contributed by atoms with Crippen LogP contribution in [0.25, 0.3) is 0 Å². The minimum atomic E-state index is -7.43. The number of ether oxygens (including phenoxy) is 1. The quantitative estimate of drug-likeness (QED) is 0.374. The highest BCUT2D eigenvalue weighted by atomic mass is 32.2. The average molecular weight is 468 g/mol. The molecule has 1 rings (SSSR count). The Labute approximate surface area is 156 Å². The summed E-state index contributed by atoms with van der Waals surface area (Å²) >= 11 is 0. The van der Waals surface area contributed by atoms with Crippen LogP contribution >= 0.6 is 0 Å².